The number of para-hydroxylation sites is 1. The van der Waals surface area contributed by atoms with Gasteiger partial charge >= 0.3 is 0 Å². The Labute approximate surface area is 169 Å². The van der Waals surface area contributed by atoms with Crippen LogP contribution in [-0.4, -0.2) is 46.4 Å². The van der Waals surface area contributed by atoms with Crippen molar-refractivity contribution in [3.63, 3.8) is 0 Å². The first-order valence-corrected chi connectivity index (χ1v) is 8.87. The average molecular weight is 461 g/mol. The van der Waals surface area contributed by atoms with Crippen molar-refractivity contribution in [2.45, 2.75) is 32.6 Å². The molecule has 2 N–H and O–H groups in total. The van der Waals surface area contributed by atoms with Crippen LogP contribution < -0.4 is 15.4 Å². The van der Waals surface area contributed by atoms with Gasteiger partial charge < -0.3 is 20.1 Å². The molecule has 1 aliphatic carbocycles. The summed E-state index contributed by atoms with van der Waals surface area (Å²) in [5.74, 6) is 1.81. The van der Waals surface area contributed by atoms with Crippen LogP contribution >= 0.6 is 24.0 Å². The van der Waals surface area contributed by atoms with Gasteiger partial charge in [-0.1, -0.05) is 18.2 Å². The maximum absolute atomic E-state index is 5.49. The molecule has 0 saturated heterocycles. The monoisotopic (exact) mass is 461 g/mol. The second-order valence-corrected chi connectivity index (χ2v) is 6.36. The maximum atomic E-state index is 5.49. The highest BCUT2D eigenvalue weighted by Crippen LogP contribution is 2.48. The van der Waals surface area contributed by atoms with Crippen molar-refractivity contribution in [3.8, 4) is 5.75 Å². The van der Waals surface area contributed by atoms with E-state index >= 15 is 0 Å². The van der Waals surface area contributed by atoms with Crippen molar-refractivity contribution in [1.82, 2.24) is 10.6 Å². The Morgan fingerprint density at radius 3 is 2.64 bits per heavy atom. The Hall–Kier alpha value is -1.02. The van der Waals surface area contributed by atoms with Crippen LogP contribution in [0.4, 0.5) is 0 Å². The Balaban J connectivity index is 0.00000312. The number of halogens is 1. The summed E-state index contributed by atoms with van der Waals surface area (Å²) >= 11 is 0. The van der Waals surface area contributed by atoms with Gasteiger partial charge in [0.05, 0.1) is 7.11 Å². The van der Waals surface area contributed by atoms with Gasteiger partial charge in [-0.25, -0.2) is 0 Å². The number of ether oxygens (including phenoxy) is 2. The molecule has 25 heavy (non-hydrogen) atoms. The van der Waals surface area contributed by atoms with Crippen LogP contribution in [0.3, 0.4) is 0 Å². The second-order valence-electron chi connectivity index (χ2n) is 6.36. The van der Waals surface area contributed by atoms with E-state index in [0.717, 1.165) is 50.9 Å². The first-order valence-electron chi connectivity index (χ1n) is 8.87. The van der Waals surface area contributed by atoms with E-state index in [-0.39, 0.29) is 24.0 Å². The molecule has 2 rings (SSSR count). The molecular formula is C19H32IN3O2. The lowest BCUT2D eigenvalue weighted by molar-refractivity contribution is 0.128. The fourth-order valence-electron chi connectivity index (χ4n) is 2.84. The topological polar surface area (TPSA) is 54.9 Å². The molecule has 0 radical (unpaired) electrons. The fraction of sp³-hybridized carbons (Fsp3) is 0.632. The number of nitrogens with one attached hydrogen (secondary N) is 2. The lowest BCUT2D eigenvalue weighted by Crippen LogP contribution is -2.41. The molecular weight excluding hydrogens is 429 g/mol. The van der Waals surface area contributed by atoms with Crippen molar-refractivity contribution in [2.75, 3.05) is 40.5 Å². The Kier molecular flexibility index (Phi) is 10.2. The molecule has 0 heterocycles. The maximum Gasteiger partial charge on any atom is 0.191 e. The number of hydrogen-bond acceptors (Lipinski definition) is 3. The third-order valence-corrected chi connectivity index (χ3v) is 4.67. The van der Waals surface area contributed by atoms with Crippen LogP contribution in [-0.2, 0) is 11.2 Å². The largest absolute Gasteiger partial charge is 0.496 e. The van der Waals surface area contributed by atoms with Crippen molar-refractivity contribution < 1.29 is 9.47 Å². The van der Waals surface area contributed by atoms with Gasteiger partial charge in [0, 0.05) is 33.4 Å². The Bertz CT molecular complexity index is 533. The van der Waals surface area contributed by atoms with Gasteiger partial charge in [-0.05, 0) is 49.7 Å². The van der Waals surface area contributed by atoms with E-state index in [1.54, 1.807) is 7.11 Å². The lowest BCUT2D eigenvalue weighted by atomic mass is 10.0. The summed E-state index contributed by atoms with van der Waals surface area (Å²) in [6, 6.07) is 8.13. The number of hydrogen-bond donors (Lipinski definition) is 2. The van der Waals surface area contributed by atoms with E-state index in [2.05, 4.69) is 21.7 Å². The summed E-state index contributed by atoms with van der Waals surface area (Å²) in [7, 11) is 3.53. The minimum atomic E-state index is 0. The summed E-state index contributed by atoms with van der Waals surface area (Å²) in [6.45, 7) is 5.50. The summed E-state index contributed by atoms with van der Waals surface area (Å²) < 4.78 is 10.9. The van der Waals surface area contributed by atoms with Crippen molar-refractivity contribution in [2.24, 2.45) is 10.4 Å². The first kappa shape index (κ1) is 22.0. The van der Waals surface area contributed by atoms with Crippen molar-refractivity contribution in [1.29, 1.82) is 0 Å². The van der Waals surface area contributed by atoms with Gasteiger partial charge in [0.15, 0.2) is 5.96 Å². The molecule has 1 fully saturated rings. The molecule has 1 saturated carbocycles. The van der Waals surface area contributed by atoms with Crippen LogP contribution in [0.1, 0.15) is 31.7 Å². The highest BCUT2D eigenvalue weighted by molar-refractivity contribution is 14.0. The van der Waals surface area contributed by atoms with E-state index in [1.807, 2.05) is 32.2 Å². The van der Waals surface area contributed by atoms with Gasteiger partial charge in [0.1, 0.15) is 5.75 Å². The molecule has 1 aliphatic rings. The van der Waals surface area contributed by atoms with Crippen LogP contribution in [0.15, 0.2) is 29.3 Å². The summed E-state index contributed by atoms with van der Waals surface area (Å²) in [5.41, 5.74) is 1.62. The standard InChI is InChI=1S/C19H31N3O2.HI/c1-4-24-14-12-19(10-11-19)15-22-18(20-2)21-13-9-16-7-5-6-8-17(16)23-3;/h5-8H,4,9-15H2,1-3H3,(H2,20,21,22);1H. The predicted octanol–water partition coefficient (Wildman–Crippen LogP) is 3.23. The van der Waals surface area contributed by atoms with Gasteiger partial charge in [-0.2, -0.15) is 0 Å². The molecule has 0 atom stereocenters. The number of methoxy groups -OCH3 is 1. The Morgan fingerprint density at radius 2 is 2.00 bits per heavy atom. The van der Waals surface area contributed by atoms with E-state index in [9.17, 15) is 0 Å². The third-order valence-electron chi connectivity index (χ3n) is 4.67. The first-order chi connectivity index (χ1) is 11.7. The fourth-order valence-corrected chi connectivity index (χ4v) is 2.84. The third kappa shape index (κ3) is 7.40. The van der Waals surface area contributed by atoms with E-state index in [4.69, 9.17) is 9.47 Å². The van der Waals surface area contributed by atoms with E-state index in [1.165, 1.54) is 18.4 Å². The number of rotatable bonds is 10. The molecule has 0 spiro atoms. The summed E-state index contributed by atoms with van der Waals surface area (Å²) in [5, 5.41) is 6.85. The zero-order chi connectivity index (χ0) is 17.3. The normalized spacial score (nSPS) is 15.2. The molecule has 0 bridgehead atoms. The highest BCUT2D eigenvalue weighted by atomic mass is 127. The number of benzene rings is 1. The minimum absolute atomic E-state index is 0. The highest BCUT2D eigenvalue weighted by Gasteiger charge is 2.41. The molecule has 142 valence electrons. The molecule has 0 unspecified atom stereocenters. The summed E-state index contributed by atoms with van der Waals surface area (Å²) in [6.07, 6.45) is 4.60. The molecule has 1 aromatic rings. The molecule has 0 aliphatic heterocycles. The quantitative estimate of drug-likeness (QED) is 0.243. The van der Waals surface area contributed by atoms with Crippen molar-refractivity contribution >= 4 is 29.9 Å². The van der Waals surface area contributed by atoms with Gasteiger partial charge in [0.25, 0.3) is 0 Å². The average Bonchev–Trinajstić information content (AvgIpc) is 3.38. The molecule has 5 nitrogen and oxygen atoms in total. The number of aliphatic imine (C=N–C) groups is 1. The van der Waals surface area contributed by atoms with E-state index in [0.29, 0.717) is 5.41 Å². The second kappa shape index (κ2) is 11.6. The molecule has 6 heteroatoms. The molecule has 0 amide bonds. The van der Waals surface area contributed by atoms with Crippen LogP contribution in [0.2, 0.25) is 0 Å². The van der Waals surface area contributed by atoms with Crippen molar-refractivity contribution in [3.05, 3.63) is 29.8 Å². The zero-order valence-electron chi connectivity index (χ0n) is 15.6. The summed E-state index contributed by atoms with van der Waals surface area (Å²) in [4.78, 5) is 4.32. The number of guanidine groups is 1. The predicted molar refractivity (Wildman–Crippen MR) is 114 cm³/mol. The lowest BCUT2D eigenvalue weighted by Gasteiger charge is -2.18. The molecule has 1 aromatic carbocycles. The minimum Gasteiger partial charge on any atom is -0.496 e. The van der Waals surface area contributed by atoms with Crippen LogP contribution in [0.25, 0.3) is 0 Å². The van der Waals surface area contributed by atoms with Crippen LogP contribution in [0.5, 0.6) is 5.75 Å². The molecule has 0 aromatic heterocycles. The van der Waals surface area contributed by atoms with Crippen LogP contribution in [0, 0.1) is 5.41 Å². The smallest absolute Gasteiger partial charge is 0.191 e. The number of nitrogens with zero attached hydrogens (tertiary/aromatic N) is 1. The SMILES string of the molecule is CCOCCC1(CNC(=NC)NCCc2ccccc2OC)CC1.I. The van der Waals surface area contributed by atoms with Gasteiger partial charge in [-0.15, -0.1) is 24.0 Å². The van der Waals surface area contributed by atoms with Gasteiger partial charge in [0.2, 0.25) is 0 Å². The Morgan fingerprint density at radius 1 is 1.24 bits per heavy atom. The van der Waals surface area contributed by atoms with Gasteiger partial charge in [-0.3, -0.25) is 4.99 Å². The van der Waals surface area contributed by atoms with E-state index < -0.39 is 0 Å². The zero-order valence-corrected chi connectivity index (χ0v) is 18.0.